The Bertz CT molecular complexity index is 826. The van der Waals surface area contributed by atoms with E-state index in [2.05, 4.69) is 10.0 Å². The summed E-state index contributed by atoms with van der Waals surface area (Å²) in [6.07, 6.45) is 0.735. The topological polar surface area (TPSA) is 108 Å². The standard InChI is InChI=1S/C18H27FN4O5S/c1-20-29(26,27)14-4-5-16(19)15(12-14)18(25)23-9-7-22(8-10-23)13-17(24)21-6-3-11-28-2/h4-5,12,20H,3,6-11,13H2,1-2H3,(H,21,24). The number of hydrogen-bond acceptors (Lipinski definition) is 6. The number of nitrogens with zero attached hydrogens (tertiary/aromatic N) is 2. The maximum atomic E-state index is 14.2. The highest BCUT2D eigenvalue weighted by molar-refractivity contribution is 7.89. The number of halogens is 1. The summed E-state index contributed by atoms with van der Waals surface area (Å²) in [5.74, 6) is -1.45. The maximum Gasteiger partial charge on any atom is 0.256 e. The van der Waals surface area contributed by atoms with Crippen LogP contribution in [0.15, 0.2) is 23.1 Å². The van der Waals surface area contributed by atoms with Crippen LogP contribution in [0.2, 0.25) is 0 Å². The highest BCUT2D eigenvalue weighted by atomic mass is 32.2. The van der Waals surface area contributed by atoms with Gasteiger partial charge in [0.05, 0.1) is 17.0 Å². The van der Waals surface area contributed by atoms with Crippen LogP contribution in [0.4, 0.5) is 4.39 Å². The number of ether oxygens (including phenoxy) is 1. The van der Waals surface area contributed by atoms with Crippen molar-refractivity contribution in [1.82, 2.24) is 19.8 Å². The predicted molar refractivity (Wildman–Crippen MR) is 104 cm³/mol. The van der Waals surface area contributed by atoms with Gasteiger partial charge in [-0.25, -0.2) is 17.5 Å². The van der Waals surface area contributed by atoms with E-state index < -0.39 is 21.7 Å². The molecule has 162 valence electrons. The van der Waals surface area contributed by atoms with Crippen LogP contribution >= 0.6 is 0 Å². The fourth-order valence-corrected chi connectivity index (χ4v) is 3.69. The Morgan fingerprint density at radius 2 is 1.90 bits per heavy atom. The molecule has 1 aromatic rings. The van der Waals surface area contributed by atoms with E-state index in [1.807, 2.05) is 4.90 Å². The van der Waals surface area contributed by atoms with Gasteiger partial charge >= 0.3 is 0 Å². The molecule has 0 atom stereocenters. The second-order valence-corrected chi connectivity index (χ2v) is 8.50. The normalized spacial score (nSPS) is 15.3. The highest BCUT2D eigenvalue weighted by Crippen LogP contribution is 2.18. The van der Waals surface area contributed by atoms with Gasteiger partial charge in [-0.2, -0.15) is 0 Å². The maximum absolute atomic E-state index is 14.2. The lowest BCUT2D eigenvalue weighted by atomic mass is 10.1. The number of amides is 2. The Labute approximate surface area is 170 Å². The molecule has 9 nitrogen and oxygen atoms in total. The van der Waals surface area contributed by atoms with Crippen LogP contribution in [0.3, 0.4) is 0 Å². The van der Waals surface area contributed by atoms with Crippen molar-refractivity contribution in [3.05, 3.63) is 29.6 Å². The molecule has 2 N–H and O–H groups in total. The zero-order valence-corrected chi connectivity index (χ0v) is 17.4. The van der Waals surface area contributed by atoms with E-state index in [0.29, 0.717) is 39.3 Å². The molecule has 29 heavy (non-hydrogen) atoms. The van der Waals surface area contributed by atoms with Crippen molar-refractivity contribution in [3.63, 3.8) is 0 Å². The van der Waals surface area contributed by atoms with Crippen LogP contribution in [-0.2, 0) is 19.6 Å². The third-order valence-corrected chi connectivity index (χ3v) is 6.03. The van der Waals surface area contributed by atoms with Crippen molar-refractivity contribution in [1.29, 1.82) is 0 Å². The monoisotopic (exact) mass is 430 g/mol. The molecule has 11 heteroatoms. The number of piperazine rings is 1. The molecule has 2 rings (SSSR count). The number of carbonyl (C=O) groups excluding carboxylic acids is 2. The second-order valence-electron chi connectivity index (χ2n) is 6.61. The fraction of sp³-hybridized carbons (Fsp3) is 0.556. The van der Waals surface area contributed by atoms with Gasteiger partial charge in [0.15, 0.2) is 0 Å². The van der Waals surface area contributed by atoms with E-state index in [0.717, 1.165) is 24.6 Å². The Morgan fingerprint density at radius 1 is 1.21 bits per heavy atom. The van der Waals surface area contributed by atoms with E-state index in [9.17, 15) is 22.4 Å². The van der Waals surface area contributed by atoms with Gasteiger partial charge in [0.1, 0.15) is 5.82 Å². The van der Waals surface area contributed by atoms with Gasteiger partial charge in [-0.1, -0.05) is 0 Å². The van der Waals surface area contributed by atoms with Gasteiger partial charge in [0.2, 0.25) is 15.9 Å². The quantitative estimate of drug-likeness (QED) is 0.519. The molecule has 1 aliphatic heterocycles. The van der Waals surface area contributed by atoms with Crippen LogP contribution in [0.25, 0.3) is 0 Å². The molecule has 0 aliphatic carbocycles. The first-order chi connectivity index (χ1) is 13.8. The summed E-state index contributed by atoms with van der Waals surface area (Å²) >= 11 is 0. The lowest BCUT2D eigenvalue weighted by molar-refractivity contribution is -0.122. The van der Waals surface area contributed by atoms with Crippen molar-refractivity contribution in [3.8, 4) is 0 Å². The van der Waals surface area contributed by atoms with Gasteiger partial charge in [0, 0.05) is 46.4 Å². The minimum atomic E-state index is -3.78. The van der Waals surface area contributed by atoms with Crippen molar-refractivity contribution in [2.75, 3.05) is 60.0 Å². The van der Waals surface area contributed by atoms with Crippen molar-refractivity contribution >= 4 is 21.8 Å². The Kier molecular flexibility index (Phi) is 8.50. The minimum Gasteiger partial charge on any atom is -0.385 e. The first-order valence-corrected chi connectivity index (χ1v) is 10.8. The molecule has 0 aromatic heterocycles. The first kappa shape index (κ1) is 23.2. The highest BCUT2D eigenvalue weighted by Gasteiger charge is 2.26. The van der Waals surface area contributed by atoms with E-state index in [-0.39, 0.29) is 22.9 Å². The molecule has 0 saturated carbocycles. The van der Waals surface area contributed by atoms with Gasteiger partial charge in [-0.3, -0.25) is 14.5 Å². The molecule has 0 radical (unpaired) electrons. The van der Waals surface area contributed by atoms with E-state index in [4.69, 9.17) is 4.74 Å². The summed E-state index contributed by atoms with van der Waals surface area (Å²) in [7, 11) is -0.939. The lowest BCUT2D eigenvalue weighted by Crippen LogP contribution is -2.51. The van der Waals surface area contributed by atoms with Crippen LogP contribution in [-0.4, -0.2) is 90.1 Å². The summed E-state index contributed by atoms with van der Waals surface area (Å²) in [6.45, 7) is 2.90. The average molecular weight is 431 g/mol. The van der Waals surface area contributed by atoms with Gasteiger partial charge in [-0.15, -0.1) is 0 Å². The summed E-state index contributed by atoms with van der Waals surface area (Å²) in [5, 5.41) is 2.80. The number of sulfonamides is 1. The minimum absolute atomic E-state index is 0.100. The third-order valence-electron chi connectivity index (χ3n) is 4.62. The SMILES string of the molecule is CNS(=O)(=O)c1ccc(F)c(C(=O)N2CCN(CC(=O)NCCCOC)CC2)c1. The molecule has 0 unspecified atom stereocenters. The Morgan fingerprint density at radius 3 is 2.52 bits per heavy atom. The molecular formula is C18H27FN4O5S. The van der Waals surface area contributed by atoms with Crippen LogP contribution in [0.1, 0.15) is 16.8 Å². The summed E-state index contributed by atoms with van der Waals surface area (Å²) in [5.41, 5.74) is -0.286. The van der Waals surface area contributed by atoms with Crippen LogP contribution < -0.4 is 10.0 Å². The van der Waals surface area contributed by atoms with Gasteiger partial charge in [-0.05, 0) is 31.7 Å². The largest absolute Gasteiger partial charge is 0.385 e. The number of benzene rings is 1. The van der Waals surface area contributed by atoms with E-state index in [1.165, 1.54) is 11.9 Å². The van der Waals surface area contributed by atoms with E-state index in [1.54, 1.807) is 7.11 Å². The predicted octanol–water partition coefficient (Wildman–Crippen LogP) is -0.356. The average Bonchev–Trinajstić information content (AvgIpc) is 2.71. The molecule has 1 fully saturated rings. The number of hydrogen-bond donors (Lipinski definition) is 2. The Balaban J connectivity index is 1.92. The van der Waals surface area contributed by atoms with Crippen molar-refractivity contribution in [2.24, 2.45) is 0 Å². The van der Waals surface area contributed by atoms with Crippen LogP contribution in [0, 0.1) is 5.82 Å². The Hall–Kier alpha value is -2.08. The van der Waals surface area contributed by atoms with Gasteiger partial charge < -0.3 is 15.0 Å². The zero-order valence-electron chi connectivity index (χ0n) is 16.6. The van der Waals surface area contributed by atoms with Crippen molar-refractivity contribution < 1.29 is 27.1 Å². The molecule has 1 heterocycles. The molecular weight excluding hydrogens is 403 g/mol. The molecule has 0 spiro atoms. The van der Waals surface area contributed by atoms with Gasteiger partial charge in [0.25, 0.3) is 5.91 Å². The summed E-state index contributed by atoms with van der Waals surface area (Å²) < 4.78 is 45.0. The third kappa shape index (κ3) is 6.46. The lowest BCUT2D eigenvalue weighted by Gasteiger charge is -2.34. The fourth-order valence-electron chi connectivity index (χ4n) is 2.94. The molecule has 1 aromatic carbocycles. The number of nitrogens with one attached hydrogen (secondary N) is 2. The van der Waals surface area contributed by atoms with Crippen LogP contribution in [0.5, 0.6) is 0 Å². The molecule has 1 saturated heterocycles. The zero-order chi connectivity index (χ0) is 21.4. The smallest absolute Gasteiger partial charge is 0.256 e. The second kappa shape index (κ2) is 10.6. The molecule has 0 bridgehead atoms. The summed E-state index contributed by atoms with van der Waals surface area (Å²) in [6, 6.07) is 3.13. The van der Waals surface area contributed by atoms with E-state index >= 15 is 0 Å². The number of rotatable bonds is 9. The molecule has 1 aliphatic rings. The van der Waals surface area contributed by atoms with Crippen molar-refractivity contribution in [2.45, 2.75) is 11.3 Å². The first-order valence-electron chi connectivity index (χ1n) is 9.29. The number of carbonyl (C=O) groups is 2. The number of methoxy groups -OCH3 is 1. The summed E-state index contributed by atoms with van der Waals surface area (Å²) in [4.78, 5) is 27.8. The molecule has 2 amide bonds.